The summed E-state index contributed by atoms with van der Waals surface area (Å²) in [6.45, 7) is 11.0. The van der Waals surface area contributed by atoms with Crippen molar-refractivity contribution in [2.45, 2.75) is 26.4 Å². The zero-order valence-electron chi connectivity index (χ0n) is 18.1. The normalized spacial score (nSPS) is 23.4. The number of aromatic nitrogens is 1. The number of benzene rings is 1. The molecule has 31 heavy (non-hydrogen) atoms. The molecule has 6 rings (SSSR count). The van der Waals surface area contributed by atoms with Crippen molar-refractivity contribution in [1.82, 2.24) is 9.88 Å². The van der Waals surface area contributed by atoms with Gasteiger partial charge in [0.05, 0.1) is 48.9 Å². The fourth-order valence-corrected chi connectivity index (χ4v) is 5.19. The number of rotatable bonds is 4. The molecule has 1 aromatic heterocycles. The van der Waals surface area contributed by atoms with Gasteiger partial charge in [-0.05, 0) is 29.7 Å². The van der Waals surface area contributed by atoms with Crippen LogP contribution in [0.1, 0.15) is 25.1 Å². The van der Waals surface area contributed by atoms with Crippen LogP contribution in [0.15, 0.2) is 41.5 Å². The molecule has 0 amide bonds. The predicted octanol–water partition coefficient (Wildman–Crippen LogP) is 3.64. The molecular formula is C24H28ClN5O. The molecule has 2 saturated heterocycles. The predicted molar refractivity (Wildman–Crippen MR) is 124 cm³/mol. The third-order valence-electron chi connectivity index (χ3n) is 7.03. The van der Waals surface area contributed by atoms with Crippen molar-refractivity contribution < 1.29 is 4.74 Å². The van der Waals surface area contributed by atoms with Crippen molar-refractivity contribution in [1.29, 1.82) is 0 Å². The summed E-state index contributed by atoms with van der Waals surface area (Å²) < 4.78 is 5.44. The van der Waals surface area contributed by atoms with Crippen molar-refractivity contribution in [2.24, 2.45) is 16.3 Å². The monoisotopic (exact) mass is 437 g/mol. The lowest BCUT2D eigenvalue weighted by Crippen LogP contribution is -2.66. The van der Waals surface area contributed by atoms with Gasteiger partial charge in [0.25, 0.3) is 0 Å². The summed E-state index contributed by atoms with van der Waals surface area (Å²) in [4.78, 5) is 17.3. The first-order chi connectivity index (χ1) is 15.0. The average Bonchev–Trinajstić information content (AvgIpc) is 3.12. The molecule has 162 valence electrons. The van der Waals surface area contributed by atoms with E-state index in [1.54, 1.807) is 0 Å². The minimum absolute atomic E-state index is 0.327. The smallest absolute Gasteiger partial charge is 0.153 e. The van der Waals surface area contributed by atoms with E-state index in [1.165, 1.54) is 16.9 Å². The Kier molecular flexibility index (Phi) is 4.44. The van der Waals surface area contributed by atoms with E-state index in [4.69, 9.17) is 26.3 Å². The third kappa shape index (κ3) is 3.28. The quantitative estimate of drug-likeness (QED) is 0.730. The summed E-state index contributed by atoms with van der Waals surface area (Å²) in [7, 11) is 0. The maximum atomic E-state index is 6.11. The number of amidine groups is 1. The van der Waals surface area contributed by atoms with E-state index >= 15 is 0 Å². The van der Waals surface area contributed by atoms with Crippen LogP contribution in [0.3, 0.4) is 0 Å². The highest BCUT2D eigenvalue weighted by Gasteiger charge is 2.49. The maximum Gasteiger partial charge on any atom is 0.153 e. The van der Waals surface area contributed by atoms with Crippen LogP contribution in [0, 0.1) is 11.3 Å². The molecule has 1 atom stereocenters. The number of hydrogen-bond donors (Lipinski definition) is 0. The summed E-state index contributed by atoms with van der Waals surface area (Å²) in [5.74, 6) is 1.58. The molecule has 1 spiro atoms. The Balaban J connectivity index is 1.33. The highest BCUT2D eigenvalue weighted by Crippen LogP contribution is 2.42. The minimum atomic E-state index is 0.327. The van der Waals surface area contributed by atoms with E-state index < -0.39 is 0 Å². The van der Waals surface area contributed by atoms with Gasteiger partial charge in [0.15, 0.2) is 5.84 Å². The standard InChI is InChI=1S/C24H28ClN5O/c1-16(2)20-10-29-15-28(9-17-3-5-18(25)6-4-17)21-7-19(8-26-22(21)23(29)27-20)30-11-24(12-30)13-31-14-24/h3-8,16,20H,9-15H2,1-2H3. The number of halogens is 1. The summed E-state index contributed by atoms with van der Waals surface area (Å²) in [5.41, 5.74) is 5.02. The Morgan fingerprint density at radius 1 is 1.16 bits per heavy atom. The fourth-order valence-electron chi connectivity index (χ4n) is 5.06. The first-order valence-electron chi connectivity index (χ1n) is 11.1. The highest BCUT2D eigenvalue weighted by molar-refractivity contribution is 6.30. The van der Waals surface area contributed by atoms with Crippen LogP contribution in [0.25, 0.3) is 0 Å². The number of pyridine rings is 1. The van der Waals surface area contributed by atoms with Crippen LogP contribution < -0.4 is 9.80 Å². The Bertz CT molecular complexity index is 1020. The molecule has 1 aromatic carbocycles. The van der Waals surface area contributed by atoms with Gasteiger partial charge in [0.1, 0.15) is 5.69 Å². The Morgan fingerprint density at radius 3 is 2.61 bits per heavy atom. The van der Waals surface area contributed by atoms with Gasteiger partial charge in [-0.25, -0.2) is 4.98 Å². The fraction of sp³-hybridized carbons (Fsp3) is 0.500. The van der Waals surface area contributed by atoms with E-state index in [0.717, 1.165) is 62.6 Å². The van der Waals surface area contributed by atoms with Crippen LogP contribution >= 0.6 is 11.6 Å². The molecule has 2 aromatic rings. The van der Waals surface area contributed by atoms with Crippen molar-refractivity contribution in [3.05, 3.63) is 52.8 Å². The molecule has 0 aliphatic carbocycles. The summed E-state index contributed by atoms with van der Waals surface area (Å²) in [6, 6.07) is 10.8. The lowest BCUT2D eigenvalue weighted by molar-refractivity contribution is -0.127. The van der Waals surface area contributed by atoms with Gasteiger partial charge in [-0.3, -0.25) is 4.99 Å². The molecule has 0 radical (unpaired) electrons. The molecule has 6 nitrogen and oxygen atoms in total. The van der Waals surface area contributed by atoms with Crippen molar-refractivity contribution in [3.8, 4) is 0 Å². The zero-order chi connectivity index (χ0) is 21.2. The van der Waals surface area contributed by atoms with Crippen LogP contribution in [-0.4, -0.2) is 61.3 Å². The minimum Gasteiger partial charge on any atom is -0.380 e. The van der Waals surface area contributed by atoms with Crippen molar-refractivity contribution in [2.75, 3.05) is 49.3 Å². The number of nitrogens with zero attached hydrogens (tertiary/aromatic N) is 5. The SMILES string of the molecule is CC(C)C1CN2CN(Cc3ccc(Cl)cc3)c3cc(N4CC5(COC5)C4)cnc3C2=N1. The second kappa shape index (κ2) is 7.10. The molecule has 4 aliphatic heterocycles. The van der Waals surface area contributed by atoms with Crippen LogP contribution in [0.2, 0.25) is 5.02 Å². The summed E-state index contributed by atoms with van der Waals surface area (Å²) in [5, 5.41) is 0.771. The summed E-state index contributed by atoms with van der Waals surface area (Å²) in [6.07, 6.45) is 2.03. The van der Waals surface area contributed by atoms with Crippen LogP contribution in [-0.2, 0) is 11.3 Å². The lowest BCUT2D eigenvalue weighted by Gasteiger charge is -2.56. The van der Waals surface area contributed by atoms with Crippen molar-refractivity contribution >= 4 is 28.8 Å². The molecule has 5 heterocycles. The molecule has 1 unspecified atom stereocenters. The number of hydrogen-bond acceptors (Lipinski definition) is 6. The van der Waals surface area contributed by atoms with Crippen LogP contribution in [0.5, 0.6) is 0 Å². The van der Waals surface area contributed by atoms with E-state index in [9.17, 15) is 0 Å². The molecule has 4 aliphatic rings. The van der Waals surface area contributed by atoms with Gasteiger partial charge >= 0.3 is 0 Å². The maximum absolute atomic E-state index is 6.11. The zero-order valence-corrected chi connectivity index (χ0v) is 18.8. The number of fused-ring (bicyclic) bond motifs is 3. The van der Waals surface area contributed by atoms with Gasteiger partial charge in [-0.15, -0.1) is 0 Å². The van der Waals surface area contributed by atoms with E-state index in [2.05, 4.69) is 46.7 Å². The number of aliphatic imine (C=N–C) groups is 1. The lowest BCUT2D eigenvalue weighted by atomic mass is 9.78. The molecule has 2 fully saturated rings. The van der Waals surface area contributed by atoms with Gasteiger partial charge in [0.2, 0.25) is 0 Å². The van der Waals surface area contributed by atoms with E-state index in [0.29, 0.717) is 17.4 Å². The number of anilines is 2. The van der Waals surface area contributed by atoms with Gasteiger partial charge in [-0.2, -0.15) is 0 Å². The highest BCUT2D eigenvalue weighted by atomic mass is 35.5. The van der Waals surface area contributed by atoms with Gasteiger partial charge in [0, 0.05) is 31.2 Å². The molecule has 0 saturated carbocycles. The van der Waals surface area contributed by atoms with Gasteiger partial charge in [-0.1, -0.05) is 37.6 Å². The van der Waals surface area contributed by atoms with E-state index in [1.807, 2.05) is 18.3 Å². The topological polar surface area (TPSA) is 44.2 Å². The Morgan fingerprint density at radius 2 is 1.94 bits per heavy atom. The third-order valence-corrected chi connectivity index (χ3v) is 7.28. The first-order valence-corrected chi connectivity index (χ1v) is 11.5. The second-order valence-corrected chi connectivity index (χ2v) is 10.3. The Hall–Kier alpha value is -2.31. The average molecular weight is 438 g/mol. The Labute approximate surface area is 188 Å². The van der Waals surface area contributed by atoms with E-state index in [-0.39, 0.29) is 0 Å². The molecule has 0 bridgehead atoms. The molecular weight excluding hydrogens is 410 g/mol. The molecule has 0 N–H and O–H groups in total. The van der Waals surface area contributed by atoms with Gasteiger partial charge < -0.3 is 19.4 Å². The largest absolute Gasteiger partial charge is 0.380 e. The summed E-state index contributed by atoms with van der Waals surface area (Å²) >= 11 is 6.11. The van der Waals surface area contributed by atoms with Crippen molar-refractivity contribution in [3.63, 3.8) is 0 Å². The first kappa shape index (κ1) is 19.4. The molecule has 7 heteroatoms. The second-order valence-electron chi connectivity index (χ2n) is 9.86. The van der Waals surface area contributed by atoms with Crippen LogP contribution in [0.4, 0.5) is 11.4 Å². The number of ether oxygens (including phenoxy) is 1.